The Balaban J connectivity index is 2.22. The minimum absolute atomic E-state index is 0.143. The van der Waals surface area contributed by atoms with Gasteiger partial charge >= 0.3 is 5.97 Å². The number of ether oxygens (including phenoxy) is 1. The molecule has 0 N–H and O–H groups in total. The van der Waals surface area contributed by atoms with Crippen LogP contribution in [-0.2, 0) is 20.9 Å². The highest BCUT2D eigenvalue weighted by Crippen LogP contribution is 2.48. The molecule has 1 unspecified atom stereocenters. The molecule has 0 amide bonds. The van der Waals surface area contributed by atoms with Gasteiger partial charge in [-0.25, -0.2) is 0 Å². The van der Waals surface area contributed by atoms with Crippen LogP contribution in [0.15, 0.2) is 30.3 Å². The summed E-state index contributed by atoms with van der Waals surface area (Å²) in [4.78, 5) is 12.0. The third-order valence-corrected chi connectivity index (χ3v) is 5.03. The Labute approximate surface area is 123 Å². The summed E-state index contributed by atoms with van der Waals surface area (Å²) in [6, 6.07) is 9.11. The topological polar surface area (TPSA) is 52.4 Å². The number of esters is 1. The van der Waals surface area contributed by atoms with Gasteiger partial charge in [-0.3, -0.25) is 4.79 Å². The summed E-state index contributed by atoms with van der Waals surface area (Å²) in [5.74, 6) is -0.293. The van der Waals surface area contributed by atoms with Crippen molar-refractivity contribution in [2.24, 2.45) is 0 Å². The van der Waals surface area contributed by atoms with Gasteiger partial charge in [0.05, 0.1) is 6.61 Å². The molecule has 1 aromatic carbocycles. The van der Waals surface area contributed by atoms with E-state index < -0.39 is 22.2 Å². The zero-order valence-electron chi connectivity index (χ0n) is 12.3. The third-order valence-electron chi connectivity index (χ3n) is 3.14. The number of rotatable bonds is 4. The summed E-state index contributed by atoms with van der Waals surface area (Å²) >= 11 is -1.23. The maximum atomic E-state index is 12.6. The van der Waals surface area contributed by atoms with Crippen molar-refractivity contribution in [3.05, 3.63) is 35.9 Å². The van der Waals surface area contributed by atoms with Crippen molar-refractivity contribution in [1.82, 2.24) is 4.31 Å². The lowest BCUT2D eigenvalue weighted by Crippen LogP contribution is -2.35. The molecule has 0 aliphatic carbocycles. The first-order valence-corrected chi connectivity index (χ1v) is 7.90. The van der Waals surface area contributed by atoms with Crippen molar-refractivity contribution in [1.29, 1.82) is 0 Å². The Morgan fingerprint density at radius 1 is 1.35 bits per heavy atom. The molecule has 1 saturated heterocycles. The van der Waals surface area contributed by atoms with E-state index in [1.54, 1.807) is 11.2 Å². The molecular formula is C15H21NO3S. The van der Waals surface area contributed by atoms with Crippen molar-refractivity contribution in [2.45, 2.75) is 44.5 Å². The van der Waals surface area contributed by atoms with E-state index >= 15 is 0 Å². The van der Waals surface area contributed by atoms with Gasteiger partial charge in [-0.05, 0) is 33.3 Å². The van der Waals surface area contributed by atoms with Gasteiger partial charge in [0.1, 0.15) is 10.8 Å². The largest absolute Gasteiger partial charge is 0.597 e. The van der Waals surface area contributed by atoms with Gasteiger partial charge in [0.2, 0.25) is 0 Å². The molecule has 0 bridgehead atoms. The second-order valence-corrected chi connectivity index (χ2v) is 7.92. The fourth-order valence-corrected chi connectivity index (χ4v) is 3.60. The first-order valence-electron chi connectivity index (χ1n) is 6.80. The molecule has 1 aliphatic heterocycles. The van der Waals surface area contributed by atoms with Crippen LogP contribution in [0.5, 0.6) is 0 Å². The van der Waals surface area contributed by atoms with E-state index in [9.17, 15) is 9.35 Å². The van der Waals surface area contributed by atoms with Crippen molar-refractivity contribution in [3.63, 3.8) is 0 Å². The minimum Gasteiger partial charge on any atom is -0.597 e. The maximum absolute atomic E-state index is 12.6. The molecule has 2 rings (SSSR count). The molecule has 1 heterocycles. The molecule has 1 aromatic rings. The molecule has 1 aliphatic rings. The molecule has 0 radical (unpaired) electrons. The van der Waals surface area contributed by atoms with E-state index in [4.69, 9.17) is 4.74 Å². The normalized spacial score (nSPS) is 26.9. The van der Waals surface area contributed by atoms with Gasteiger partial charge in [-0.2, -0.15) is 0 Å². The lowest BCUT2D eigenvalue weighted by Gasteiger charge is -2.24. The first-order chi connectivity index (χ1) is 9.38. The van der Waals surface area contributed by atoms with Gasteiger partial charge in [0.25, 0.3) is 0 Å². The Morgan fingerprint density at radius 2 is 1.95 bits per heavy atom. The van der Waals surface area contributed by atoms with Crippen molar-refractivity contribution >= 4 is 17.3 Å². The number of nitrogens with zero attached hydrogens (tertiary/aromatic N) is 1. The summed E-state index contributed by atoms with van der Waals surface area (Å²) in [6.07, 6.45) is 0. The first kappa shape index (κ1) is 15.4. The van der Waals surface area contributed by atoms with Crippen LogP contribution in [0.3, 0.4) is 0 Å². The maximum Gasteiger partial charge on any atom is 0.330 e. The quantitative estimate of drug-likeness (QED) is 0.486. The lowest BCUT2D eigenvalue weighted by atomic mass is 10.1. The summed E-state index contributed by atoms with van der Waals surface area (Å²) < 4.78 is 19.0. The SMILES string of the molecule is CCOC(=O)[C@@H]1[C@H](c2ccccc2)N1[S@@+]([O-])C(C)(C)C. The Morgan fingerprint density at radius 3 is 2.45 bits per heavy atom. The van der Waals surface area contributed by atoms with Crippen LogP contribution in [0.1, 0.15) is 39.3 Å². The Bertz CT molecular complexity index is 472. The summed E-state index contributed by atoms with van der Waals surface area (Å²) in [7, 11) is 0. The fourth-order valence-electron chi connectivity index (χ4n) is 2.17. The molecule has 0 spiro atoms. The van der Waals surface area contributed by atoms with Crippen LogP contribution in [0.2, 0.25) is 0 Å². The molecule has 1 fully saturated rings. The lowest BCUT2D eigenvalue weighted by molar-refractivity contribution is -0.143. The number of hydrogen-bond donors (Lipinski definition) is 0. The highest BCUT2D eigenvalue weighted by atomic mass is 32.2. The van der Waals surface area contributed by atoms with E-state index in [2.05, 4.69) is 0 Å². The highest BCUT2D eigenvalue weighted by Gasteiger charge is 2.64. The van der Waals surface area contributed by atoms with Gasteiger partial charge in [0.15, 0.2) is 6.04 Å². The average Bonchev–Trinajstić information content (AvgIpc) is 3.13. The zero-order valence-corrected chi connectivity index (χ0v) is 13.1. The van der Waals surface area contributed by atoms with Crippen LogP contribution in [0.4, 0.5) is 0 Å². The fraction of sp³-hybridized carbons (Fsp3) is 0.533. The average molecular weight is 295 g/mol. The number of benzene rings is 1. The summed E-state index contributed by atoms with van der Waals surface area (Å²) in [6.45, 7) is 7.85. The van der Waals surface area contributed by atoms with E-state index in [0.29, 0.717) is 6.61 Å². The van der Waals surface area contributed by atoms with Crippen molar-refractivity contribution in [2.75, 3.05) is 6.61 Å². The monoisotopic (exact) mass is 295 g/mol. The van der Waals surface area contributed by atoms with Crippen molar-refractivity contribution in [3.8, 4) is 0 Å². The molecule has 4 atom stereocenters. The molecule has 20 heavy (non-hydrogen) atoms. The van der Waals surface area contributed by atoms with E-state index in [0.717, 1.165) is 5.56 Å². The Kier molecular flexibility index (Phi) is 4.42. The van der Waals surface area contributed by atoms with Gasteiger partial charge in [-0.1, -0.05) is 30.3 Å². The van der Waals surface area contributed by atoms with Crippen LogP contribution in [0, 0.1) is 0 Å². The second kappa shape index (κ2) is 5.76. The molecule has 110 valence electrons. The van der Waals surface area contributed by atoms with Gasteiger partial charge in [-0.15, -0.1) is 4.31 Å². The molecule has 0 aromatic heterocycles. The predicted molar refractivity (Wildman–Crippen MR) is 79.3 cm³/mol. The third kappa shape index (κ3) is 3.00. The molecule has 0 saturated carbocycles. The second-order valence-electron chi connectivity index (χ2n) is 5.77. The molecule has 4 nitrogen and oxygen atoms in total. The van der Waals surface area contributed by atoms with Crippen LogP contribution >= 0.6 is 0 Å². The number of carbonyl (C=O) groups excluding carboxylic acids is 1. The summed E-state index contributed by atoms with van der Waals surface area (Å²) in [5.41, 5.74) is 1.00. The van der Waals surface area contributed by atoms with Crippen LogP contribution in [0.25, 0.3) is 0 Å². The molecule has 5 heteroatoms. The number of carbonyl (C=O) groups is 1. The minimum atomic E-state index is -1.23. The van der Waals surface area contributed by atoms with Crippen LogP contribution in [-0.4, -0.2) is 32.2 Å². The smallest absolute Gasteiger partial charge is 0.330 e. The van der Waals surface area contributed by atoms with Crippen LogP contribution < -0.4 is 0 Å². The van der Waals surface area contributed by atoms with Crippen molar-refractivity contribution < 1.29 is 14.1 Å². The van der Waals surface area contributed by atoms with Gasteiger partial charge < -0.3 is 9.29 Å². The van der Waals surface area contributed by atoms with E-state index in [1.165, 1.54) is 0 Å². The van der Waals surface area contributed by atoms with Gasteiger partial charge in [0, 0.05) is 11.4 Å². The van der Waals surface area contributed by atoms with E-state index in [1.807, 2.05) is 51.1 Å². The summed E-state index contributed by atoms with van der Waals surface area (Å²) in [5, 5.41) is 0. The zero-order chi connectivity index (χ0) is 14.9. The Hall–Kier alpha value is -1.04. The highest BCUT2D eigenvalue weighted by molar-refractivity contribution is 7.90. The predicted octanol–water partition coefficient (Wildman–Crippen LogP) is 2.44. The number of hydrogen-bond acceptors (Lipinski definition) is 4. The standard InChI is InChI=1S/C15H21NO3S/c1-5-19-14(17)13-12(11-9-7-6-8-10-11)16(13)20(18)15(2,3)4/h6-10,12-13H,5H2,1-4H3/t12-,13-,16?,20-/m0/s1. The molecular weight excluding hydrogens is 274 g/mol. The van der Waals surface area contributed by atoms with E-state index in [-0.39, 0.29) is 12.0 Å².